The molecule has 164 valence electrons. The number of nitrogens with zero attached hydrogens (tertiary/aromatic N) is 6. The molecule has 2 aromatic carbocycles. The summed E-state index contributed by atoms with van der Waals surface area (Å²) in [4.78, 5) is 9.60. The first kappa shape index (κ1) is 20.8. The Kier molecular flexibility index (Phi) is 5.30. The van der Waals surface area contributed by atoms with Gasteiger partial charge in [-0.05, 0) is 46.9 Å². The Balaban J connectivity index is 1.54. The van der Waals surface area contributed by atoms with Gasteiger partial charge < -0.3 is 4.57 Å². The number of fused-ring (bicyclic) bond motifs is 1. The van der Waals surface area contributed by atoms with E-state index in [1.807, 2.05) is 31.3 Å². The molecule has 0 amide bonds. The van der Waals surface area contributed by atoms with Gasteiger partial charge in [-0.2, -0.15) is 5.21 Å². The molecule has 5 aromatic rings. The van der Waals surface area contributed by atoms with Crippen LogP contribution in [0.2, 0.25) is 0 Å². The second-order valence-electron chi connectivity index (χ2n) is 8.21. The molecule has 0 aliphatic rings. The van der Waals surface area contributed by atoms with Crippen molar-refractivity contribution < 1.29 is 0 Å². The molecule has 1 N–H and O–H groups in total. The average molecular weight is 436 g/mol. The summed E-state index contributed by atoms with van der Waals surface area (Å²) in [6.45, 7) is 11.1. The van der Waals surface area contributed by atoms with E-state index in [4.69, 9.17) is 4.98 Å². The lowest BCUT2D eigenvalue weighted by atomic mass is 9.98. The van der Waals surface area contributed by atoms with E-state index in [9.17, 15) is 0 Å². The van der Waals surface area contributed by atoms with E-state index in [-0.39, 0.29) is 0 Å². The van der Waals surface area contributed by atoms with Crippen LogP contribution in [0.5, 0.6) is 0 Å². The molecule has 0 unspecified atom stereocenters. The van der Waals surface area contributed by atoms with Crippen molar-refractivity contribution in [1.29, 1.82) is 0 Å². The zero-order valence-electron chi connectivity index (χ0n) is 19.0. The molecule has 0 saturated carbocycles. The van der Waals surface area contributed by atoms with Gasteiger partial charge in [0.15, 0.2) is 0 Å². The monoisotopic (exact) mass is 435 g/mol. The zero-order valence-corrected chi connectivity index (χ0v) is 19.0. The van der Waals surface area contributed by atoms with Crippen LogP contribution >= 0.6 is 0 Å². The van der Waals surface area contributed by atoms with E-state index in [1.54, 1.807) is 0 Å². The highest BCUT2D eigenvalue weighted by Crippen LogP contribution is 2.31. The van der Waals surface area contributed by atoms with Crippen molar-refractivity contribution in [2.75, 3.05) is 0 Å². The summed E-state index contributed by atoms with van der Waals surface area (Å²) in [6, 6.07) is 16.7. The predicted molar refractivity (Wildman–Crippen MR) is 131 cm³/mol. The summed E-state index contributed by atoms with van der Waals surface area (Å²) in [7, 11) is 0. The lowest BCUT2D eigenvalue weighted by molar-refractivity contribution is 0.751. The Morgan fingerprint density at radius 2 is 1.82 bits per heavy atom. The van der Waals surface area contributed by atoms with Gasteiger partial charge in [0.25, 0.3) is 0 Å². The van der Waals surface area contributed by atoms with E-state index in [0.29, 0.717) is 5.82 Å². The van der Waals surface area contributed by atoms with Gasteiger partial charge in [0.1, 0.15) is 5.82 Å². The smallest absolute Gasteiger partial charge is 0.205 e. The van der Waals surface area contributed by atoms with Crippen molar-refractivity contribution in [3.05, 3.63) is 84.0 Å². The maximum absolute atomic E-state index is 4.93. The number of rotatable bonds is 6. The van der Waals surface area contributed by atoms with E-state index < -0.39 is 0 Å². The van der Waals surface area contributed by atoms with E-state index >= 15 is 0 Å². The molecule has 0 bridgehead atoms. The van der Waals surface area contributed by atoms with Crippen molar-refractivity contribution in [1.82, 2.24) is 35.2 Å². The summed E-state index contributed by atoms with van der Waals surface area (Å²) in [5.74, 6) is 1.64. The number of H-pyrrole nitrogens is 1. The van der Waals surface area contributed by atoms with Crippen molar-refractivity contribution in [3.63, 3.8) is 0 Å². The first-order chi connectivity index (χ1) is 16.1. The lowest BCUT2D eigenvalue weighted by Crippen LogP contribution is -2.06. The van der Waals surface area contributed by atoms with Crippen molar-refractivity contribution in [2.24, 2.45) is 0 Å². The van der Waals surface area contributed by atoms with Crippen LogP contribution in [-0.4, -0.2) is 35.2 Å². The van der Waals surface area contributed by atoms with Gasteiger partial charge in [-0.25, -0.2) is 4.98 Å². The van der Waals surface area contributed by atoms with Gasteiger partial charge in [-0.1, -0.05) is 62.0 Å². The fourth-order valence-electron chi connectivity index (χ4n) is 4.23. The van der Waals surface area contributed by atoms with Crippen LogP contribution < -0.4 is 0 Å². The number of imidazole rings is 1. The Labute approximate surface area is 192 Å². The van der Waals surface area contributed by atoms with Gasteiger partial charge in [0.2, 0.25) is 5.82 Å². The van der Waals surface area contributed by atoms with Crippen LogP contribution in [0.15, 0.2) is 61.3 Å². The quantitative estimate of drug-likeness (QED) is 0.395. The lowest BCUT2D eigenvalue weighted by Gasteiger charge is -2.12. The normalized spacial score (nSPS) is 11.2. The Morgan fingerprint density at radius 1 is 1.06 bits per heavy atom. The average Bonchev–Trinajstić information content (AvgIpc) is 3.49. The van der Waals surface area contributed by atoms with Crippen molar-refractivity contribution in [2.45, 2.75) is 33.7 Å². The maximum atomic E-state index is 4.93. The minimum Gasteiger partial charge on any atom is -0.322 e. The fourth-order valence-corrected chi connectivity index (χ4v) is 4.23. The number of benzene rings is 2. The van der Waals surface area contributed by atoms with Crippen LogP contribution in [0.3, 0.4) is 0 Å². The third kappa shape index (κ3) is 3.71. The van der Waals surface area contributed by atoms with Gasteiger partial charge in [0.05, 0.1) is 16.7 Å². The number of aryl methyl sites for hydroxylation is 2. The highest BCUT2D eigenvalue weighted by molar-refractivity contribution is 5.89. The van der Waals surface area contributed by atoms with Crippen LogP contribution in [-0.2, 0) is 13.0 Å². The third-order valence-electron chi connectivity index (χ3n) is 5.87. The number of aromatic nitrogens is 7. The number of allylic oxidation sites excluding steroid dienone is 1. The molecule has 0 atom stereocenters. The second-order valence-corrected chi connectivity index (χ2v) is 8.21. The molecule has 0 saturated heterocycles. The maximum Gasteiger partial charge on any atom is 0.205 e. The molecule has 0 spiro atoms. The molecule has 0 aliphatic carbocycles. The largest absolute Gasteiger partial charge is 0.322 e. The number of hydrogen-bond donors (Lipinski definition) is 1. The number of hydrogen-bond acceptors (Lipinski definition) is 5. The SMILES string of the molecule is C=C(C)c1ncc(C)c2nc(CC)n(Cc3ccc(-c4ccccc4-c4nn[nH]n4)cc3)c12. The van der Waals surface area contributed by atoms with Gasteiger partial charge in [-0.3, -0.25) is 4.98 Å². The van der Waals surface area contributed by atoms with Crippen molar-refractivity contribution >= 4 is 16.6 Å². The van der Waals surface area contributed by atoms with Crippen molar-refractivity contribution in [3.8, 4) is 22.5 Å². The van der Waals surface area contributed by atoms with E-state index in [1.165, 1.54) is 5.56 Å². The summed E-state index contributed by atoms with van der Waals surface area (Å²) in [5, 5.41) is 14.5. The standard InChI is InChI=1S/C26H25N7/c1-5-22-28-24-17(4)14-27-23(16(2)3)25(24)33(22)15-18-10-12-19(13-11-18)20-8-6-7-9-21(20)26-29-31-32-30-26/h6-14H,2,5,15H2,1,3-4H3,(H,29,30,31,32). The minimum atomic E-state index is 0.586. The molecule has 0 fully saturated rings. The Bertz CT molecular complexity index is 1440. The number of pyridine rings is 1. The fraction of sp³-hybridized carbons (Fsp3) is 0.192. The van der Waals surface area contributed by atoms with Gasteiger partial charge in [-0.15, -0.1) is 10.2 Å². The molecule has 0 radical (unpaired) electrons. The summed E-state index contributed by atoms with van der Waals surface area (Å²) < 4.78 is 2.28. The number of tetrazole rings is 1. The second kappa shape index (κ2) is 8.43. The van der Waals surface area contributed by atoms with Gasteiger partial charge >= 0.3 is 0 Å². The first-order valence-electron chi connectivity index (χ1n) is 11.0. The minimum absolute atomic E-state index is 0.586. The Hall–Kier alpha value is -4.13. The van der Waals surface area contributed by atoms with Crippen LogP contribution in [0.4, 0.5) is 0 Å². The molecule has 7 heteroatoms. The van der Waals surface area contributed by atoms with Crippen LogP contribution in [0.25, 0.3) is 39.1 Å². The number of aromatic amines is 1. The molecule has 33 heavy (non-hydrogen) atoms. The molecule has 3 aromatic heterocycles. The molecule has 5 rings (SSSR count). The summed E-state index contributed by atoms with van der Waals surface area (Å²) in [5.41, 5.74) is 9.31. The molecule has 3 heterocycles. The highest BCUT2D eigenvalue weighted by atomic mass is 15.5. The predicted octanol–water partition coefficient (Wildman–Crippen LogP) is 5.23. The Morgan fingerprint density at radius 3 is 2.48 bits per heavy atom. The number of nitrogens with one attached hydrogen (secondary N) is 1. The molecule has 7 nitrogen and oxygen atoms in total. The first-order valence-corrected chi connectivity index (χ1v) is 11.0. The van der Waals surface area contributed by atoms with E-state index in [2.05, 4.69) is 80.9 Å². The zero-order chi connectivity index (χ0) is 22.9. The molecule has 0 aliphatic heterocycles. The highest BCUT2D eigenvalue weighted by Gasteiger charge is 2.17. The topological polar surface area (TPSA) is 85.2 Å². The third-order valence-corrected chi connectivity index (χ3v) is 5.87. The summed E-state index contributed by atoms with van der Waals surface area (Å²) in [6.07, 6.45) is 2.74. The molecular formula is C26H25N7. The van der Waals surface area contributed by atoms with Crippen LogP contribution in [0.1, 0.15) is 36.5 Å². The van der Waals surface area contributed by atoms with Gasteiger partial charge in [0, 0.05) is 24.7 Å². The molecular weight excluding hydrogens is 410 g/mol. The van der Waals surface area contributed by atoms with E-state index in [0.717, 1.165) is 63.3 Å². The van der Waals surface area contributed by atoms with Crippen LogP contribution in [0, 0.1) is 6.92 Å². The summed E-state index contributed by atoms with van der Waals surface area (Å²) >= 11 is 0.